The molecule has 0 aliphatic carbocycles. The maximum Gasteiger partial charge on any atom is 0.343 e. The third kappa shape index (κ3) is 4.12. The van der Waals surface area contributed by atoms with Crippen molar-refractivity contribution in [2.24, 2.45) is 0 Å². The lowest BCUT2D eigenvalue weighted by molar-refractivity contribution is 0.0733. The Morgan fingerprint density at radius 1 is 1.00 bits per heavy atom. The number of Topliss-reactive ketones (excluding diaryl/α,β-unsaturated/α-hetero) is 1. The van der Waals surface area contributed by atoms with Crippen LogP contribution in [0.15, 0.2) is 66.4 Å². The van der Waals surface area contributed by atoms with E-state index >= 15 is 0 Å². The lowest BCUT2D eigenvalue weighted by Crippen LogP contribution is -2.09. The van der Waals surface area contributed by atoms with E-state index in [1.54, 1.807) is 25.1 Å². The molecule has 0 saturated carbocycles. The average Bonchev–Trinajstić information content (AvgIpc) is 3.07. The Bertz CT molecular complexity index is 1190. The fraction of sp³-hybridized carbons (Fsp3) is 0.154. The van der Waals surface area contributed by atoms with Crippen LogP contribution in [0.2, 0.25) is 0 Å². The van der Waals surface area contributed by atoms with E-state index in [1.807, 2.05) is 24.3 Å². The first-order chi connectivity index (χ1) is 14.8. The van der Waals surface area contributed by atoms with Crippen LogP contribution in [0.3, 0.4) is 0 Å². The Morgan fingerprint density at radius 2 is 1.68 bits per heavy atom. The molecule has 0 fully saturated rings. The molecule has 0 unspecified atom stereocenters. The van der Waals surface area contributed by atoms with Gasteiger partial charge in [0.05, 0.1) is 11.1 Å². The molecule has 1 heterocycles. The molecule has 3 aromatic carbocycles. The second-order valence-electron chi connectivity index (χ2n) is 7.72. The molecule has 1 aliphatic heterocycles. The number of hydrogen-bond donors (Lipinski definition) is 0. The number of benzene rings is 3. The zero-order valence-corrected chi connectivity index (χ0v) is 17.4. The van der Waals surface area contributed by atoms with Crippen molar-refractivity contribution in [3.05, 3.63) is 100 Å². The highest BCUT2D eigenvalue weighted by molar-refractivity contribution is 6.15. The van der Waals surface area contributed by atoms with Gasteiger partial charge in [0.2, 0.25) is 5.78 Å². The molecule has 1 aliphatic rings. The quantitative estimate of drug-likeness (QED) is 0.293. The van der Waals surface area contributed by atoms with Crippen LogP contribution in [0.5, 0.6) is 11.5 Å². The van der Waals surface area contributed by atoms with Crippen LogP contribution in [-0.4, -0.2) is 11.8 Å². The Hall–Kier alpha value is -3.73. The fourth-order valence-corrected chi connectivity index (χ4v) is 3.35. The number of carbonyl (C=O) groups excluding carboxylic acids is 2. The smallest absolute Gasteiger partial charge is 0.343 e. The molecule has 156 valence electrons. The van der Waals surface area contributed by atoms with Crippen molar-refractivity contribution in [1.82, 2.24) is 0 Å². The first-order valence-corrected chi connectivity index (χ1v) is 9.99. The van der Waals surface area contributed by atoms with Crippen molar-refractivity contribution in [1.29, 1.82) is 0 Å². The summed E-state index contributed by atoms with van der Waals surface area (Å²) in [6, 6.07) is 16.2. The van der Waals surface area contributed by atoms with Crippen molar-refractivity contribution >= 4 is 17.8 Å². The van der Waals surface area contributed by atoms with Gasteiger partial charge in [0, 0.05) is 5.56 Å². The summed E-state index contributed by atoms with van der Waals surface area (Å²) < 4.78 is 24.4. The highest BCUT2D eigenvalue weighted by atomic mass is 19.1. The van der Waals surface area contributed by atoms with Gasteiger partial charge in [-0.25, -0.2) is 9.18 Å². The van der Waals surface area contributed by atoms with Gasteiger partial charge in [0.1, 0.15) is 17.3 Å². The van der Waals surface area contributed by atoms with Crippen LogP contribution in [0.1, 0.15) is 57.2 Å². The SMILES string of the molecule is Cc1c(OC(=O)c2ccc(F)cc2)ccc2c1O/C(=C\c1ccc(C(C)C)cc1)C2=O. The van der Waals surface area contributed by atoms with Gasteiger partial charge in [-0.05, 0) is 66.4 Å². The number of esters is 1. The highest BCUT2D eigenvalue weighted by Gasteiger charge is 2.30. The summed E-state index contributed by atoms with van der Waals surface area (Å²) in [7, 11) is 0. The maximum absolute atomic E-state index is 13.1. The summed E-state index contributed by atoms with van der Waals surface area (Å²) in [4.78, 5) is 25.1. The number of fused-ring (bicyclic) bond motifs is 1. The lowest BCUT2D eigenvalue weighted by Gasteiger charge is -2.10. The number of rotatable bonds is 4. The summed E-state index contributed by atoms with van der Waals surface area (Å²) in [5.74, 6) is 0.0282. The molecule has 0 radical (unpaired) electrons. The van der Waals surface area contributed by atoms with Gasteiger partial charge in [-0.1, -0.05) is 38.1 Å². The summed E-state index contributed by atoms with van der Waals surface area (Å²) in [5, 5.41) is 0. The van der Waals surface area contributed by atoms with Crippen molar-refractivity contribution < 1.29 is 23.5 Å². The molecule has 0 amide bonds. The molecule has 0 spiro atoms. The minimum absolute atomic E-state index is 0.220. The van der Waals surface area contributed by atoms with Crippen LogP contribution >= 0.6 is 0 Å². The number of allylic oxidation sites excluding steroid dienone is 1. The summed E-state index contributed by atoms with van der Waals surface area (Å²) in [6.45, 7) is 5.97. The first kappa shape index (κ1) is 20.5. The molecule has 4 rings (SSSR count). The fourth-order valence-electron chi connectivity index (χ4n) is 3.35. The molecule has 0 bridgehead atoms. The normalized spacial score (nSPS) is 14.0. The molecule has 4 nitrogen and oxygen atoms in total. The van der Waals surface area contributed by atoms with Gasteiger partial charge in [-0.2, -0.15) is 0 Å². The van der Waals surface area contributed by atoms with Crippen LogP contribution in [-0.2, 0) is 0 Å². The van der Waals surface area contributed by atoms with Crippen LogP contribution in [0.4, 0.5) is 4.39 Å². The first-order valence-electron chi connectivity index (χ1n) is 9.99. The largest absolute Gasteiger partial charge is 0.452 e. The third-order valence-electron chi connectivity index (χ3n) is 5.22. The van der Waals surface area contributed by atoms with Crippen molar-refractivity contribution in [3.63, 3.8) is 0 Å². The van der Waals surface area contributed by atoms with E-state index in [-0.39, 0.29) is 22.9 Å². The topological polar surface area (TPSA) is 52.6 Å². The van der Waals surface area contributed by atoms with E-state index in [1.165, 1.54) is 29.8 Å². The number of hydrogen-bond acceptors (Lipinski definition) is 4. The Morgan fingerprint density at radius 3 is 2.32 bits per heavy atom. The van der Waals surface area contributed by atoms with Gasteiger partial charge in [0.25, 0.3) is 0 Å². The summed E-state index contributed by atoms with van der Waals surface area (Å²) >= 11 is 0. The molecule has 0 saturated heterocycles. The lowest BCUT2D eigenvalue weighted by atomic mass is 10.0. The second kappa shape index (κ2) is 8.19. The molecule has 5 heteroatoms. The summed E-state index contributed by atoms with van der Waals surface area (Å²) in [6.07, 6.45) is 1.70. The molecule has 31 heavy (non-hydrogen) atoms. The molecular weight excluding hydrogens is 395 g/mol. The van der Waals surface area contributed by atoms with E-state index in [0.29, 0.717) is 22.8 Å². The van der Waals surface area contributed by atoms with Gasteiger partial charge in [0.15, 0.2) is 5.76 Å². The van der Waals surface area contributed by atoms with Crippen molar-refractivity contribution in [2.45, 2.75) is 26.7 Å². The third-order valence-corrected chi connectivity index (χ3v) is 5.22. The minimum Gasteiger partial charge on any atom is -0.452 e. The Kier molecular flexibility index (Phi) is 5.42. The maximum atomic E-state index is 13.1. The number of ketones is 1. The molecule has 3 aromatic rings. The van der Waals surface area contributed by atoms with E-state index in [0.717, 1.165) is 5.56 Å². The highest BCUT2D eigenvalue weighted by Crippen LogP contribution is 2.39. The van der Waals surface area contributed by atoms with E-state index in [2.05, 4.69) is 13.8 Å². The van der Waals surface area contributed by atoms with Gasteiger partial charge < -0.3 is 9.47 Å². The summed E-state index contributed by atoms with van der Waals surface area (Å²) in [5.41, 5.74) is 3.27. The predicted molar refractivity (Wildman–Crippen MR) is 116 cm³/mol. The molecule has 0 atom stereocenters. The van der Waals surface area contributed by atoms with Crippen LogP contribution < -0.4 is 9.47 Å². The van der Waals surface area contributed by atoms with Gasteiger partial charge in [-0.15, -0.1) is 0 Å². The van der Waals surface area contributed by atoms with Crippen molar-refractivity contribution in [3.8, 4) is 11.5 Å². The van der Waals surface area contributed by atoms with Crippen LogP contribution in [0, 0.1) is 12.7 Å². The van der Waals surface area contributed by atoms with E-state index < -0.39 is 11.8 Å². The van der Waals surface area contributed by atoms with Crippen LogP contribution in [0.25, 0.3) is 6.08 Å². The second-order valence-corrected chi connectivity index (χ2v) is 7.72. The Balaban J connectivity index is 1.57. The van der Waals surface area contributed by atoms with Gasteiger partial charge in [-0.3, -0.25) is 4.79 Å². The zero-order chi connectivity index (χ0) is 22.1. The number of carbonyl (C=O) groups is 2. The average molecular weight is 416 g/mol. The predicted octanol–water partition coefficient (Wildman–Crippen LogP) is 6.09. The van der Waals surface area contributed by atoms with Gasteiger partial charge >= 0.3 is 5.97 Å². The molecular formula is C26H21FO4. The monoisotopic (exact) mass is 416 g/mol. The standard InChI is InChI=1S/C26H21FO4/c1-15(2)18-6-4-17(5-7-18)14-23-24(28)21-12-13-22(16(3)25(21)30-23)31-26(29)19-8-10-20(27)11-9-19/h4-15H,1-3H3/b23-14-. The minimum atomic E-state index is -0.617. The molecule has 0 N–H and O–H groups in total. The zero-order valence-electron chi connectivity index (χ0n) is 17.4. The van der Waals surface area contributed by atoms with E-state index in [4.69, 9.17) is 9.47 Å². The van der Waals surface area contributed by atoms with E-state index in [9.17, 15) is 14.0 Å². The molecule has 0 aromatic heterocycles. The number of halogens is 1. The van der Waals surface area contributed by atoms with Crippen molar-refractivity contribution in [2.75, 3.05) is 0 Å². The number of ether oxygens (including phenoxy) is 2. The Labute approximate surface area is 179 Å².